The molecule has 2 aromatic carbocycles. The lowest BCUT2D eigenvalue weighted by Crippen LogP contribution is -2.15. The summed E-state index contributed by atoms with van der Waals surface area (Å²) in [5.74, 6) is -0.536. The van der Waals surface area contributed by atoms with E-state index < -0.39 is 18.0 Å². The van der Waals surface area contributed by atoms with E-state index in [0.717, 1.165) is 5.56 Å². The summed E-state index contributed by atoms with van der Waals surface area (Å²) in [4.78, 5) is 0. The summed E-state index contributed by atoms with van der Waals surface area (Å²) in [7, 11) is 0. The van der Waals surface area contributed by atoms with Crippen molar-refractivity contribution < 1.29 is 14.2 Å². The summed E-state index contributed by atoms with van der Waals surface area (Å²) >= 11 is 5.73. The van der Waals surface area contributed by atoms with E-state index in [4.69, 9.17) is 16.3 Å². The van der Waals surface area contributed by atoms with Crippen molar-refractivity contribution in [2.75, 3.05) is 6.61 Å². The van der Waals surface area contributed by atoms with Crippen LogP contribution in [0.25, 0.3) is 0 Å². The highest BCUT2D eigenvalue weighted by molar-refractivity contribution is 6.30. The Hall–Kier alpha value is -1.42. The van der Waals surface area contributed by atoms with Gasteiger partial charge in [-0.3, -0.25) is 0 Å². The Morgan fingerprint density at radius 2 is 1.90 bits per heavy atom. The fourth-order valence-electron chi connectivity index (χ4n) is 2.10. The van der Waals surface area contributed by atoms with Crippen LogP contribution in [-0.2, 0) is 4.74 Å². The second kappa shape index (κ2) is 6.84. The quantitative estimate of drug-likeness (QED) is 0.891. The van der Waals surface area contributed by atoms with E-state index in [9.17, 15) is 9.50 Å². The highest BCUT2D eigenvalue weighted by Gasteiger charge is 2.25. The van der Waals surface area contributed by atoms with E-state index in [-0.39, 0.29) is 5.56 Å². The van der Waals surface area contributed by atoms with Gasteiger partial charge in [-0.15, -0.1) is 0 Å². The van der Waals surface area contributed by atoms with Crippen LogP contribution in [0.15, 0.2) is 48.5 Å². The van der Waals surface area contributed by atoms with Crippen LogP contribution < -0.4 is 0 Å². The van der Waals surface area contributed by atoms with Gasteiger partial charge in [0.15, 0.2) is 0 Å². The van der Waals surface area contributed by atoms with Crippen LogP contribution in [0.1, 0.15) is 30.3 Å². The lowest BCUT2D eigenvalue weighted by Gasteiger charge is -2.24. The molecule has 0 aromatic heterocycles. The number of ether oxygens (including phenoxy) is 1. The van der Waals surface area contributed by atoms with E-state index in [0.29, 0.717) is 11.6 Å². The Balaban J connectivity index is 2.34. The molecule has 0 radical (unpaired) electrons. The van der Waals surface area contributed by atoms with Crippen molar-refractivity contribution in [1.82, 2.24) is 0 Å². The molecule has 0 heterocycles. The minimum Gasteiger partial charge on any atom is -0.385 e. The normalized spacial score (nSPS) is 14.0. The van der Waals surface area contributed by atoms with Gasteiger partial charge in [0, 0.05) is 17.2 Å². The number of hydrogen-bond donors (Lipinski definition) is 1. The van der Waals surface area contributed by atoms with Gasteiger partial charge in [-0.25, -0.2) is 4.39 Å². The third kappa shape index (κ3) is 3.37. The summed E-state index contributed by atoms with van der Waals surface area (Å²) in [5.41, 5.74) is 0.980. The monoisotopic (exact) mass is 294 g/mol. The molecular weight excluding hydrogens is 279 g/mol. The molecule has 2 unspecified atom stereocenters. The van der Waals surface area contributed by atoms with Crippen LogP contribution in [0.2, 0.25) is 5.02 Å². The molecule has 0 aliphatic heterocycles. The Kier molecular flexibility index (Phi) is 5.12. The van der Waals surface area contributed by atoms with Gasteiger partial charge in [0.25, 0.3) is 0 Å². The zero-order valence-electron chi connectivity index (χ0n) is 11.1. The molecule has 0 fully saturated rings. The van der Waals surface area contributed by atoms with Crippen LogP contribution in [0.4, 0.5) is 4.39 Å². The number of rotatable bonds is 5. The summed E-state index contributed by atoms with van der Waals surface area (Å²) in [6.07, 6.45) is -1.70. The van der Waals surface area contributed by atoms with Crippen LogP contribution >= 0.6 is 11.6 Å². The molecule has 20 heavy (non-hydrogen) atoms. The standard InChI is InChI=1S/C16H16ClFO2/c1-2-20-16(11-6-4-3-5-7-11)15(19)13-9-8-12(17)10-14(13)18/h3-10,15-16,19H,2H2,1H3. The molecule has 0 bridgehead atoms. The van der Waals surface area contributed by atoms with Crippen molar-refractivity contribution in [3.63, 3.8) is 0 Å². The molecular formula is C16H16ClFO2. The van der Waals surface area contributed by atoms with Crippen molar-refractivity contribution in [1.29, 1.82) is 0 Å². The molecule has 0 amide bonds. The van der Waals surface area contributed by atoms with Crippen molar-refractivity contribution in [3.8, 4) is 0 Å². The molecule has 2 aromatic rings. The average Bonchev–Trinajstić information content (AvgIpc) is 2.45. The summed E-state index contributed by atoms with van der Waals surface area (Å²) in [6, 6.07) is 13.5. The van der Waals surface area contributed by atoms with Crippen LogP contribution in [-0.4, -0.2) is 11.7 Å². The Morgan fingerprint density at radius 3 is 2.50 bits per heavy atom. The third-order valence-electron chi connectivity index (χ3n) is 3.04. The van der Waals surface area contributed by atoms with Crippen molar-refractivity contribution in [2.24, 2.45) is 0 Å². The van der Waals surface area contributed by atoms with Gasteiger partial charge in [0.05, 0.1) is 0 Å². The third-order valence-corrected chi connectivity index (χ3v) is 3.28. The maximum atomic E-state index is 13.9. The second-order valence-electron chi connectivity index (χ2n) is 4.40. The molecule has 0 saturated heterocycles. The van der Waals surface area contributed by atoms with Gasteiger partial charge in [0.2, 0.25) is 0 Å². The Labute approximate surface area is 122 Å². The molecule has 2 nitrogen and oxygen atoms in total. The van der Waals surface area contributed by atoms with Crippen LogP contribution in [0.5, 0.6) is 0 Å². The first-order valence-corrected chi connectivity index (χ1v) is 6.81. The van der Waals surface area contributed by atoms with Crippen molar-refractivity contribution in [3.05, 3.63) is 70.5 Å². The minimum atomic E-state index is -1.09. The predicted octanol–water partition coefficient (Wildman–Crippen LogP) is 4.29. The summed E-state index contributed by atoms with van der Waals surface area (Å²) in [6.45, 7) is 2.26. The van der Waals surface area contributed by atoms with Crippen molar-refractivity contribution >= 4 is 11.6 Å². The number of hydrogen-bond acceptors (Lipinski definition) is 2. The van der Waals surface area contributed by atoms with Crippen LogP contribution in [0, 0.1) is 5.82 Å². The Bertz CT molecular complexity index is 560. The van der Waals surface area contributed by atoms with Gasteiger partial charge in [0.1, 0.15) is 18.0 Å². The molecule has 0 aliphatic carbocycles. The fourth-order valence-corrected chi connectivity index (χ4v) is 2.26. The first-order valence-electron chi connectivity index (χ1n) is 6.43. The minimum absolute atomic E-state index is 0.178. The largest absolute Gasteiger partial charge is 0.385 e. The maximum absolute atomic E-state index is 13.9. The summed E-state index contributed by atoms with van der Waals surface area (Å²) < 4.78 is 19.5. The first kappa shape index (κ1) is 15.0. The molecule has 0 aliphatic rings. The average molecular weight is 295 g/mol. The maximum Gasteiger partial charge on any atom is 0.130 e. The highest BCUT2D eigenvalue weighted by atomic mass is 35.5. The van der Waals surface area contributed by atoms with Gasteiger partial charge in [-0.05, 0) is 24.6 Å². The SMILES string of the molecule is CCOC(c1ccccc1)C(O)c1ccc(Cl)cc1F. The van der Waals surface area contributed by atoms with E-state index >= 15 is 0 Å². The second-order valence-corrected chi connectivity index (χ2v) is 4.83. The first-order chi connectivity index (χ1) is 9.63. The Morgan fingerprint density at radius 1 is 1.20 bits per heavy atom. The van der Waals surface area contributed by atoms with E-state index in [1.54, 1.807) is 6.07 Å². The lowest BCUT2D eigenvalue weighted by atomic mass is 9.98. The number of halogens is 2. The zero-order valence-corrected chi connectivity index (χ0v) is 11.8. The molecule has 4 heteroatoms. The molecule has 2 rings (SSSR count). The molecule has 2 atom stereocenters. The van der Waals surface area contributed by atoms with Crippen LogP contribution in [0.3, 0.4) is 0 Å². The van der Waals surface area contributed by atoms with Gasteiger partial charge < -0.3 is 9.84 Å². The van der Waals surface area contributed by atoms with Gasteiger partial charge >= 0.3 is 0 Å². The van der Waals surface area contributed by atoms with Crippen molar-refractivity contribution in [2.45, 2.75) is 19.1 Å². The smallest absolute Gasteiger partial charge is 0.130 e. The van der Waals surface area contributed by atoms with E-state index in [1.807, 2.05) is 37.3 Å². The van der Waals surface area contributed by atoms with Gasteiger partial charge in [-0.2, -0.15) is 0 Å². The fraction of sp³-hybridized carbons (Fsp3) is 0.250. The van der Waals surface area contributed by atoms with E-state index in [2.05, 4.69) is 0 Å². The number of benzene rings is 2. The van der Waals surface area contributed by atoms with Gasteiger partial charge in [-0.1, -0.05) is 48.0 Å². The summed E-state index contributed by atoms with van der Waals surface area (Å²) in [5, 5.41) is 10.7. The topological polar surface area (TPSA) is 29.5 Å². The lowest BCUT2D eigenvalue weighted by molar-refractivity contribution is -0.0375. The molecule has 1 N–H and O–H groups in total. The number of aliphatic hydroxyl groups is 1. The molecule has 0 spiro atoms. The zero-order chi connectivity index (χ0) is 14.5. The molecule has 0 saturated carbocycles. The predicted molar refractivity (Wildman–Crippen MR) is 77.2 cm³/mol. The highest BCUT2D eigenvalue weighted by Crippen LogP contribution is 2.33. The number of aliphatic hydroxyl groups excluding tert-OH is 1. The molecule has 106 valence electrons. The van der Waals surface area contributed by atoms with E-state index in [1.165, 1.54) is 12.1 Å².